The molecule has 0 aromatic carbocycles. The van der Waals surface area contributed by atoms with Gasteiger partial charge in [0.05, 0.1) is 0 Å². The third kappa shape index (κ3) is 9.24. The van der Waals surface area contributed by atoms with Gasteiger partial charge in [0.2, 0.25) is 0 Å². The minimum Gasteiger partial charge on any atom is 0 e. The topological polar surface area (TPSA) is 0 Å². The Morgan fingerprint density at radius 2 is 1.00 bits per heavy atom. The van der Waals surface area contributed by atoms with Crippen LogP contribution in [0.2, 0.25) is 0 Å². The molecule has 0 spiro atoms. The molecule has 0 unspecified atom stereocenters. The van der Waals surface area contributed by atoms with Gasteiger partial charge in [-0.15, -0.1) is 0 Å². The van der Waals surface area contributed by atoms with Crippen LogP contribution in [0.1, 0.15) is 0 Å². The van der Waals surface area contributed by atoms with Crippen LogP contribution in [-0.2, 0) is 50.9 Å². The summed E-state index contributed by atoms with van der Waals surface area (Å²) in [6, 6.07) is 0. The van der Waals surface area contributed by atoms with Crippen LogP contribution in [-0.4, -0.2) is 11.0 Å². The summed E-state index contributed by atoms with van der Waals surface area (Å²) in [5, 5.41) is 0. The second-order valence-corrected chi connectivity index (χ2v) is 0. The zero-order chi connectivity index (χ0) is 0. The fourth-order valence-corrected chi connectivity index (χ4v) is 0. The summed E-state index contributed by atoms with van der Waals surface area (Å²) in [6.07, 6.45) is 0. The molecular formula is CoFeMnSi. The van der Waals surface area contributed by atoms with Crippen molar-refractivity contribution in [3.05, 3.63) is 0 Å². The normalized spacial score (nSPS) is 0. The molecule has 0 heterocycles. The maximum atomic E-state index is 0. The molecule has 28 valence electrons. The van der Waals surface area contributed by atoms with Gasteiger partial charge in [-0.1, -0.05) is 0 Å². The third-order valence-corrected chi connectivity index (χ3v) is 0. The molecule has 0 amide bonds. The summed E-state index contributed by atoms with van der Waals surface area (Å²) in [7, 11) is 0. The molecule has 0 fully saturated rings. The first-order valence-corrected chi connectivity index (χ1v) is 0. The molecule has 0 N–H and O–H groups in total. The smallest absolute Gasteiger partial charge is 0 e. The molecule has 0 aliphatic carbocycles. The van der Waals surface area contributed by atoms with Crippen LogP contribution in [0.3, 0.4) is 0 Å². The monoisotopic (exact) mass is 198 g/mol. The first-order chi connectivity index (χ1) is 0. The largest absolute Gasteiger partial charge is 0 e. The molecule has 0 aliphatic rings. The van der Waals surface area contributed by atoms with Crippen LogP contribution >= 0.6 is 0 Å². The molecule has 0 aliphatic heterocycles. The minimum atomic E-state index is 0. The van der Waals surface area contributed by atoms with Gasteiger partial charge in [-0.3, -0.25) is 0 Å². The van der Waals surface area contributed by atoms with E-state index in [0.29, 0.717) is 0 Å². The van der Waals surface area contributed by atoms with E-state index in [4.69, 9.17) is 0 Å². The van der Waals surface area contributed by atoms with Gasteiger partial charge in [-0.2, -0.15) is 0 Å². The molecule has 6 radical (unpaired) electrons. The van der Waals surface area contributed by atoms with E-state index in [1.54, 1.807) is 0 Å². The number of hydrogen-bond acceptors (Lipinski definition) is 0. The quantitative estimate of drug-likeness (QED) is 0.465. The Hall–Kier alpha value is 1.76. The van der Waals surface area contributed by atoms with Crippen molar-refractivity contribution in [2.75, 3.05) is 0 Å². The van der Waals surface area contributed by atoms with Crippen molar-refractivity contribution in [1.82, 2.24) is 0 Å². The van der Waals surface area contributed by atoms with Crippen molar-refractivity contribution in [3.63, 3.8) is 0 Å². The summed E-state index contributed by atoms with van der Waals surface area (Å²) in [5.41, 5.74) is 0. The van der Waals surface area contributed by atoms with E-state index >= 15 is 0 Å². The molecule has 0 nitrogen and oxygen atoms in total. The van der Waals surface area contributed by atoms with Crippen LogP contribution in [0, 0.1) is 0 Å². The molecule has 0 atom stereocenters. The van der Waals surface area contributed by atoms with E-state index in [2.05, 4.69) is 0 Å². The van der Waals surface area contributed by atoms with Crippen molar-refractivity contribution in [1.29, 1.82) is 0 Å². The third-order valence-electron chi connectivity index (χ3n) is 0. The maximum absolute atomic E-state index is 0. The molecule has 0 rings (SSSR count). The number of hydrogen-bond donors (Lipinski definition) is 0. The molecule has 0 aromatic heterocycles. The zero-order valence-electron chi connectivity index (χ0n) is 1.56. The van der Waals surface area contributed by atoms with Crippen LogP contribution in [0.5, 0.6) is 0 Å². The van der Waals surface area contributed by atoms with Gasteiger partial charge < -0.3 is 0 Å². The van der Waals surface area contributed by atoms with Gasteiger partial charge in [-0.25, -0.2) is 0 Å². The Balaban J connectivity index is 0. The fraction of sp³-hybridized carbons (Fsp3) is 0. The summed E-state index contributed by atoms with van der Waals surface area (Å²) >= 11 is 0. The van der Waals surface area contributed by atoms with Crippen LogP contribution in [0.4, 0.5) is 0 Å². The van der Waals surface area contributed by atoms with Gasteiger partial charge in [0.15, 0.2) is 0 Å². The fourth-order valence-electron chi connectivity index (χ4n) is 0. The Labute approximate surface area is 61.7 Å². The Bertz CT molecular complexity index is 8.00. The standard InChI is InChI=1S/Co.Fe.Mn.Si. The summed E-state index contributed by atoms with van der Waals surface area (Å²) in [5.74, 6) is 0. The Morgan fingerprint density at radius 1 is 1.00 bits per heavy atom. The van der Waals surface area contributed by atoms with E-state index in [0.717, 1.165) is 0 Å². The maximum Gasteiger partial charge on any atom is 0 e. The predicted octanol–water partition coefficient (Wildman–Crippen LogP) is -0.388. The van der Waals surface area contributed by atoms with E-state index in [1.165, 1.54) is 0 Å². The average molecular weight is 198 g/mol. The van der Waals surface area contributed by atoms with Crippen LogP contribution in [0.25, 0.3) is 0 Å². The molecular weight excluding hydrogens is 198 g/mol. The summed E-state index contributed by atoms with van der Waals surface area (Å²) in [4.78, 5) is 0. The Kier molecular flexibility index (Phi) is 228. The van der Waals surface area contributed by atoms with Crippen molar-refractivity contribution in [2.24, 2.45) is 0 Å². The Morgan fingerprint density at radius 3 is 1.00 bits per heavy atom. The van der Waals surface area contributed by atoms with Crippen molar-refractivity contribution < 1.29 is 50.9 Å². The minimum absolute atomic E-state index is 0. The van der Waals surface area contributed by atoms with E-state index in [-0.39, 0.29) is 61.9 Å². The van der Waals surface area contributed by atoms with E-state index in [1.807, 2.05) is 0 Å². The summed E-state index contributed by atoms with van der Waals surface area (Å²) < 4.78 is 0. The molecule has 0 bridgehead atoms. The number of rotatable bonds is 0. The average Bonchev–Trinajstić information content (AvgIpc) is 0. The molecule has 0 saturated heterocycles. The summed E-state index contributed by atoms with van der Waals surface area (Å²) in [6.45, 7) is 0. The van der Waals surface area contributed by atoms with Gasteiger partial charge in [0.1, 0.15) is 0 Å². The van der Waals surface area contributed by atoms with Crippen LogP contribution in [0.15, 0.2) is 0 Å². The van der Waals surface area contributed by atoms with Crippen molar-refractivity contribution in [3.8, 4) is 0 Å². The first kappa shape index (κ1) is 42.1. The SMILES string of the molecule is [Co].[Fe].[Mn].[Si]. The van der Waals surface area contributed by atoms with Gasteiger partial charge in [0, 0.05) is 61.9 Å². The second kappa shape index (κ2) is 21.7. The molecule has 4 heavy (non-hydrogen) atoms. The van der Waals surface area contributed by atoms with E-state index < -0.39 is 0 Å². The first-order valence-electron chi connectivity index (χ1n) is 0. The predicted molar refractivity (Wildman–Crippen MR) is 5.75 cm³/mol. The molecule has 0 aromatic rings. The van der Waals surface area contributed by atoms with Gasteiger partial charge in [0.25, 0.3) is 0 Å². The van der Waals surface area contributed by atoms with E-state index in [9.17, 15) is 0 Å². The zero-order valence-corrected chi connectivity index (χ0v) is 5.89. The van der Waals surface area contributed by atoms with Gasteiger partial charge >= 0.3 is 0 Å². The van der Waals surface area contributed by atoms with Crippen molar-refractivity contribution in [2.45, 2.75) is 0 Å². The van der Waals surface area contributed by atoms with Gasteiger partial charge in [-0.05, 0) is 0 Å². The van der Waals surface area contributed by atoms with Crippen LogP contribution < -0.4 is 0 Å². The van der Waals surface area contributed by atoms with Crippen molar-refractivity contribution >= 4 is 11.0 Å². The second-order valence-electron chi connectivity index (χ2n) is 0. The molecule has 0 saturated carbocycles. The molecule has 4 heteroatoms.